The predicted octanol–water partition coefficient (Wildman–Crippen LogP) is 3.93. The van der Waals surface area contributed by atoms with Crippen molar-refractivity contribution in [1.82, 2.24) is 5.32 Å². The summed E-state index contributed by atoms with van der Waals surface area (Å²) in [6.45, 7) is 8.35. The highest BCUT2D eigenvalue weighted by Crippen LogP contribution is 2.22. The minimum absolute atomic E-state index is 0.676. The zero-order valence-corrected chi connectivity index (χ0v) is 13.0. The van der Waals surface area contributed by atoms with Crippen molar-refractivity contribution in [1.29, 1.82) is 0 Å². The van der Waals surface area contributed by atoms with Crippen LogP contribution in [-0.2, 0) is 11.3 Å². The number of hydrogen-bond donors (Lipinski definition) is 1. The van der Waals surface area contributed by atoms with E-state index in [9.17, 15) is 0 Å². The van der Waals surface area contributed by atoms with Gasteiger partial charge in [0.1, 0.15) is 0 Å². The first-order valence-electron chi connectivity index (χ1n) is 8.12. The Labute approximate surface area is 123 Å². The predicted molar refractivity (Wildman–Crippen MR) is 84.8 cm³/mol. The van der Waals surface area contributed by atoms with Crippen molar-refractivity contribution in [3.8, 4) is 0 Å². The number of aryl methyl sites for hydroxylation is 1. The number of benzene rings is 1. The minimum atomic E-state index is 0.676. The van der Waals surface area contributed by atoms with E-state index in [1.807, 2.05) is 0 Å². The molecule has 0 aliphatic carbocycles. The number of rotatable bonds is 5. The Bertz CT molecular complexity index is 374. The van der Waals surface area contributed by atoms with Crippen LogP contribution in [0.5, 0.6) is 0 Å². The lowest BCUT2D eigenvalue weighted by molar-refractivity contribution is 0.0651. The molecule has 0 saturated carbocycles. The van der Waals surface area contributed by atoms with Gasteiger partial charge in [-0.05, 0) is 43.6 Å². The Kier molecular flexibility index (Phi) is 6.55. The van der Waals surface area contributed by atoms with Crippen LogP contribution in [0.4, 0.5) is 0 Å². The van der Waals surface area contributed by atoms with Gasteiger partial charge in [0, 0.05) is 19.7 Å². The quantitative estimate of drug-likeness (QED) is 0.879. The van der Waals surface area contributed by atoms with Crippen LogP contribution in [0.15, 0.2) is 24.3 Å². The monoisotopic (exact) mass is 275 g/mol. The first-order valence-corrected chi connectivity index (χ1v) is 8.12. The summed E-state index contributed by atoms with van der Waals surface area (Å²) < 4.78 is 5.80. The Morgan fingerprint density at radius 1 is 1.10 bits per heavy atom. The Hall–Kier alpha value is -0.860. The molecule has 1 N–H and O–H groups in total. The molecule has 2 rings (SSSR count). The van der Waals surface area contributed by atoms with Crippen LogP contribution in [0.2, 0.25) is 0 Å². The molecule has 1 aliphatic heterocycles. The second-order valence-corrected chi connectivity index (χ2v) is 6.20. The summed E-state index contributed by atoms with van der Waals surface area (Å²) in [6, 6.07) is 8.79. The largest absolute Gasteiger partial charge is 0.381 e. The van der Waals surface area contributed by atoms with Gasteiger partial charge in [0.15, 0.2) is 0 Å². The first-order chi connectivity index (χ1) is 9.78. The van der Waals surface area contributed by atoms with Crippen LogP contribution in [-0.4, -0.2) is 19.8 Å². The van der Waals surface area contributed by atoms with E-state index >= 15 is 0 Å². The molecule has 0 aromatic heterocycles. The molecular weight excluding hydrogens is 246 g/mol. The van der Waals surface area contributed by atoms with Crippen molar-refractivity contribution in [2.45, 2.75) is 46.1 Å². The van der Waals surface area contributed by atoms with Gasteiger partial charge in [0.2, 0.25) is 0 Å². The summed E-state index contributed by atoms with van der Waals surface area (Å²) in [5.74, 6) is 1.55. The molecule has 1 aliphatic rings. The summed E-state index contributed by atoms with van der Waals surface area (Å²) in [4.78, 5) is 0. The van der Waals surface area contributed by atoms with Crippen molar-refractivity contribution >= 4 is 0 Å². The summed E-state index contributed by atoms with van der Waals surface area (Å²) in [6.07, 6.45) is 5.23. The zero-order chi connectivity index (χ0) is 14.2. The molecule has 0 spiro atoms. The van der Waals surface area contributed by atoms with Crippen molar-refractivity contribution in [3.63, 3.8) is 0 Å². The fraction of sp³-hybridized carbons (Fsp3) is 0.667. The molecule has 2 atom stereocenters. The number of ether oxygens (including phenoxy) is 1. The zero-order valence-electron chi connectivity index (χ0n) is 13.0. The normalized spacial score (nSPS) is 24.1. The second kappa shape index (κ2) is 8.43. The van der Waals surface area contributed by atoms with E-state index in [0.717, 1.165) is 32.2 Å². The fourth-order valence-corrected chi connectivity index (χ4v) is 2.89. The molecule has 0 amide bonds. The van der Waals surface area contributed by atoms with Crippen LogP contribution in [0.1, 0.15) is 43.7 Å². The van der Waals surface area contributed by atoms with Gasteiger partial charge in [-0.1, -0.05) is 43.2 Å². The van der Waals surface area contributed by atoms with E-state index in [1.165, 1.54) is 36.8 Å². The lowest BCUT2D eigenvalue weighted by Crippen LogP contribution is -2.28. The maximum Gasteiger partial charge on any atom is 0.0506 e. The van der Waals surface area contributed by atoms with Gasteiger partial charge >= 0.3 is 0 Å². The van der Waals surface area contributed by atoms with E-state index in [0.29, 0.717) is 5.92 Å². The smallest absolute Gasteiger partial charge is 0.0506 e. The molecule has 2 heteroatoms. The first kappa shape index (κ1) is 15.5. The van der Waals surface area contributed by atoms with Gasteiger partial charge in [-0.3, -0.25) is 0 Å². The molecule has 2 unspecified atom stereocenters. The van der Waals surface area contributed by atoms with Gasteiger partial charge in [0.05, 0.1) is 6.61 Å². The maximum atomic E-state index is 5.80. The van der Waals surface area contributed by atoms with E-state index in [-0.39, 0.29) is 0 Å². The van der Waals surface area contributed by atoms with Gasteiger partial charge in [-0.15, -0.1) is 0 Å². The molecule has 1 fully saturated rings. The lowest BCUT2D eigenvalue weighted by Gasteiger charge is -2.24. The highest BCUT2D eigenvalue weighted by Gasteiger charge is 2.16. The third-order valence-electron chi connectivity index (χ3n) is 4.47. The van der Waals surface area contributed by atoms with E-state index in [4.69, 9.17) is 4.74 Å². The second-order valence-electron chi connectivity index (χ2n) is 6.20. The van der Waals surface area contributed by atoms with Crippen LogP contribution in [0, 0.1) is 18.8 Å². The highest BCUT2D eigenvalue weighted by atomic mass is 16.5. The van der Waals surface area contributed by atoms with Crippen molar-refractivity contribution in [2.75, 3.05) is 19.8 Å². The summed E-state index contributed by atoms with van der Waals surface area (Å²) >= 11 is 0. The van der Waals surface area contributed by atoms with E-state index in [1.54, 1.807) is 0 Å². The molecule has 20 heavy (non-hydrogen) atoms. The Balaban J connectivity index is 1.71. The van der Waals surface area contributed by atoms with Crippen molar-refractivity contribution in [2.24, 2.45) is 11.8 Å². The fourth-order valence-electron chi connectivity index (χ4n) is 2.89. The third kappa shape index (κ3) is 5.26. The Morgan fingerprint density at radius 2 is 1.85 bits per heavy atom. The van der Waals surface area contributed by atoms with Crippen molar-refractivity contribution < 1.29 is 4.74 Å². The SMILES string of the molecule is CCC1CCOCC(CNCc2ccc(C)cc2)CC1. The Morgan fingerprint density at radius 3 is 2.60 bits per heavy atom. The van der Waals surface area contributed by atoms with E-state index < -0.39 is 0 Å². The molecule has 1 saturated heterocycles. The van der Waals surface area contributed by atoms with Crippen LogP contribution >= 0.6 is 0 Å². The lowest BCUT2D eigenvalue weighted by atomic mass is 9.91. The molecule has 112 valence electrons. The van der Waals surface area contributed by atoms with Gasteiger partial charge in [0.25, 0.3) is 0 Å². The number of hydrogen-bond acceptors (Lipinski definition) is 2. The molecule has 2 nitrogen and oxygen atoms in total. The molecule has 1 aromatic carbocycles. The number of nitrogens with one attached hydrogen (secondary N) is 1. The van der Waals surface area contributed by atoms with Crippen LogP contribution < -0.4 is 5.32 Å². The molecule has 0 radical (unpaired) electrons. The van der Waals surface area contributed by atoms with E-state index in [2.05, 4.69) is 43.4 Å². The van der Waals surface area contributed by atoms with Gasteiger partial charge in [-0.25, -0.2) is 0 Å². The average molecular weight is 275 g/mol. The van der Waals surface area contributed by atoms with Crippen LogP contribution in [0.25, 0.3) is 0 Å². The third-order valence-corrected chi connectivity index (χ3v) is 4.47. The van der Waals surface area contributed by atoms with Gasteiger partial charge < -0.3 is 10.1 Å². The van der Waals surface area contributed by atoms with Gasteiger partial charge in [-0.2, -0.15) is 0 Å². The summed E-state index contributed by atoms with van der Waals surface area (Å²) in [5.41, 5.74) is 2.70. The molecular formula is C18H29NO. The summed E-state index contributed by atoms with van der Waals surface area (Å²) in [5, 5.41) is 3.59. The van der Waals surface area contributed by atoms with Crippen LogP contribution in [0.3, 0.4) is 0 Å². The molecule has 1 aromatic rings. The molecule has 1 heterocycles. The van der Waals surface area contributed by atoms with Crippen molar-refractivity contribution in [3.05, 3.63) is 35.4 Å². The molecule has 0 bridgehead atoms. The minimum Gasteiger partial charge on any atom is -0.381 e. The highest BCUT2D eigenvalue weighted by molar-refractivity contribution is 5.21. The summed E-state index contributed by atoms with van der Waals surface area (Å²) in [7, 11) is 0. The standard InChI is InChI=1S/C18H29NO/c1-3-16-8-9-18(14-20-11-10-16)13-19-12-17-6-4-15(2)5-7-17/h4-7,16,18-19H,3,8-14H2,1-2H3. The topological polar surface area (TPSA) is 21.3 Å². The maximum absolute atomic E-state index is 5.80. The average Bonchev–Trinajstić information content (AvgIpc) is 2.44.